The van der Waals surface area contributed by atoms with Crippen molar-refractivity contribution < 1.29 is 14.4 Å². The summed E-state index contributed by atoms with van der Waals surface area (Å²) in [5.74, 6) is 0.552. The van der Waals surface area contributed by atoms with Crippen LogP contribution in [-0.4, -0.2) is 54.3 Å². The van der Waals surface area contributed by atoms with Gasteiger partial charge >= 0.3 is 0 Å². The first kappa shape index (κ1) is 24.7. The van der Waals surface area contributed by atoms with Gasteiger partial charge in [0.15, 0.2) is 0 Å². The summed E-state index contributed by atoms with van der Waals surface area (Å²) in [6.45, 7) is 6.97. The van der Waals surface area contributed by atoms with E-state index >= 15 is 0 Å². The molecule has 1 saturated carbocycles. The number of amides is 3. The average Bonchev–Trinajstić information content (AvgIpc) is 3.10. The quantitative estimate of drug-likeness (QED) is 0.613. The largest absolute Gasteiger partial charge is 0.370 e. The van der Waals surface area contributed by atoms with Crippen molar-refractivity contribution in [2.45, 2.75) is 83.2 Å². The summed E-state index contributed by atoms with van der Waals surface area (Å²) in [5.41, 5.74) is 7.04. The van der Waals surface area contributed by atoms with Gasteiger partial charge in [-0.25, -0.2) is 0 Å². The predicted octanol–water partition coefficient (Wildman–Crippen LogP) is 3.18. The summed E-state index contributed by atoms with van der Waals surface area (Å²) in [5, 5.41) is 2.72. The zero-order chi connectivity index (χ0) is 24.2. The van der Waals surface area contributed by atoms with Crippen molar-refractivity contribution in [3.8, 4) is 0 Å². The van der Waals surface area contributed by atoms with E-state index in [1.807, 2.05) is 29.2 Å². The standard InChI is InChI=1S/C27H40N4O3/c1-18(2)19-7-9-20(10-8-19)30-15-12-21(13-16-30)31-24-6-4-3-5-22(24)23(27(31)34)17-26(33)29-14-11-25(28)32/h3-6,18-21,23H,7-17H2,1-2H3,(H2,28,32)(H,29,33)/t19-,20+,23?. The number of para-hydroxylation sites is 1. The molecule has 0 spiro atoms. The molecule has 4 rings (SSSR count). The van der Waals surface area contributed by atoms with Crippen LogP contribution >= 0.6 is 0 Å². The molecule has 0 bridgehead atoms. The van der Waals surface area contributed by atoms with Gasteiger partial charge in [0.05, 0.1) is 5.92 Å². The van der Waals surface area contributed by atoms with E-state index in [4.69, 9.17) is 5.73 Å². The minimum Gasteiger partial charge on any atom is -0.370 e. The molecule has 2 fully saturated rings. The van der Waals surface area contributed by atoms with Gasteiger partial charge in [0.25, 0.3) is 0 Å². The van der Waals surface area contributed by atoms with Crippen LogP contribution < -0.4 is 16.0 Å². The van der Waals surface area contributed by atoms with E-state index in [1.165, 1.54) is 25.7 Å². The zero-order valence-electron chi connectivity index (χ0n) is 20.7. The van der Waals surface area contributed by atoms with Gasteiger partial charge in [-0.15, -0.1) is 0 Å². The summed E-state index contributed by atoms with van der Waals surface area (Å²) in [4.78, 5) is 41.5. The third-order valence-corrected chi connectivity index (χ3v) is 8.26. The van der Waals surface area contributed by atoms with Crippen LogP contribution in [-0.2, 0) is 14.4 Å². The summed E-state index contributed by atoms with van der Waals surface area (Å²) in [7, 11) is 0. The average molecular weight is 469 g/mol. The van der Waals surface area contributed by atoms with Crippen molar-refractivity contribution in [1.29, 1.82) is 0 Å². The number of hydrogen-bond acceptors (Lipinski definition) is 4. The van der Waals surface area contributed by atoms with E-state index in [0.717, 1.165) is 49.0 Å². The Bertz CT molecular complexity index is 886. The number of benzene rings is 1. The van der Waals surface area contributed by atoms with E-state index in [-0.39, 0.29) is 37.2 Å². The van der Waals surface area contributed by atoms with E-state index < -0.39 is 11.8 Å². The first-order valence-corrected chi connectivity index (χ1v) is 13.1. The highest BCUT2D eigenvalue weighted by Gasteiger charge is 2.42. The minimum atomic E-state index is -0.464. The second-order valence-corrected chi connectivity index (χ2v) is 10.7. The van der Waals surface area contributed by atoms with Crippen LogP contribution in [0.3, 0.4) is 0 Å². The van der Waals surface area contributed by atoms with Crippen molar-refractivity contribution in [1.82, 2.24) is 10.2 Å². The van der Waals surface area contributed by atoms with Crippen LogP contribution in [0.5, 0.6) is 0 Å². The van der Waals surface area contributed by atoms with Gasteiger partial charge in [-0.2, -0.15) is 0 Å². The minimum absolute atomic E-state index is 0.0298. The Labute approximate surface area is 203 Å². The number of anilines is 1. The lowest BCUT2D eigenvalue weighted by Crippen LogP contribution is -2.50. The maximum absolute atomic E-state index is 13.5. The molecule has 1 aromatic carbocycles. The molecule has 1 atom stereocenters. The number of carbonyl (C=O) groups excluding carboxylic acids is 3. The fraction of sp³-hybridized carbons (Fsp3) is 0.667. The lowest BCUT2D eigenvalue weighted by atomic mass is 9.79. The maximum Gasteiger partial charge on any atom is 0.235 e. The second-order valence-electron chi connectivity index (χ2n) is 10.7. The van der Waals surface area contributed by atoms with E-state index in [1.54, 1.807) is 0 Å². The van der Waals surface area contributed by atoms with Crippen LogP contribution in [0.25, 0.3) is 0 Å². The second kappa shape index (κ2) is 10.9. The predicted molar refractivity (Wildman–Crippen MR) is 133 cm³/mol. The van der Waals surface area contributed by atoms with Gasteiger partial charge < -0.3 is 20.9 Å². The Morgan fingerprint density at radius 3 is 2.35 bits per heavy atom. The number of piperidine rings is 1. The first-order chi connectivity index (χ1) is 16.3. The number of primary amides is 1. The summed E-state index contributed by atoms with van der Waals surface area (Å²) < 4.78 is 0. The first-order valence-electron chi connectivity index (χ1n) is 13.1. The third-order valence-electron chi connectivity index (χ3n) is 8.26. The molecule has 186 valence electrons. The Kier molecular flexibility index (Phi) is 7.91. The van der Waals surface area contributed by atoms with Gasteiger partial charge in [0, 0.05) is 50.2 Å². The molecule has 0 radical (unpaired) electrons. The smallest absolute Gasteiger partial charge is 0.235 e. The number of rotatable bonds is 8. The Hall–Kier alpha value is -2.41. The van der Waals surface area contributed by atoms with Gasteiger partial charge in [0.2, 0.25) is 17.7 Å². The number of likely N-dealkylation sites (tertiary alicyclic amines) is 1. The highest BCUT2D eigenvalue weighted by molar-refractivity contribution is 6.07. The number of nitrogens with one attached hydrogen (secondary N) is 1. The zero-order valence-corrected chi connectivity index (χ0v) is 20.7. The highest BCUT2D eigenvalue weighted by atomic mass is 16.2. The monoisotopic (exact) mass is 468 g/mol. The number of hydrogen-bond donors (Lipinski definition) is 2. The van der Waals surface area contributed by atoms with Gasteiger partial charge in [-0.1, -0.05) is 32.0 Å². The SMILES string of the molecule is CC(C)[C@H]1CC[C@@H](N2CCC(N3C(=O)C(CC(=O)NCCC(N)=O)c4ccccc43)CC2)CC1. The van der Waals surface area contributed by atoms with E-state index in [0.29, 0.717) is 6.04 Å². The molecule has 0 aromatic heterocycles. The number of carbonyl (C=O) groups is 3. The van der Waals surface area contributed by atoms with E-state index in [9.17, 15) is 14.4 Å². The molecule has 34 heavy (non-hydrogen) atoms. The topological polar surface area (TPSA) is 95.7 Å². The molecule has 2 aliphatic heterocycles. The molecule has 3 aliphatic rings. The van der Waals surface area contributed by atoms with Gasteiger partial charge in [-0.3, -0.25) is 14.4 Å². The summed E-state index contributed by atoms with van der Waals surface area (Å²) in [6, 6.07) is 8.75. The van der Waals surface area contributed by atoms with Crippen molar-refractivity contribution in [2.75, 3.05) is 24.5 Å². The lowest BCUT2D eigenvalue weighted by Gasteiger charge is -2.43. The van der Waals surface area contributed by atoms with Gasteiger partial charge in [0.1, 0.15) is 0 Å². The maximum atomic E-state index is 13.5. The highest BCUT2D eigenvalue weighted by Crippen LogP contribution is 2.42. The molecule has 7 nitrogen and oxygen atoms in total. The van der Waals surface area contributed by atoms with Crippen molar-refractivity contribution in [3.63, 3.8) is 0 Å². The summed E-state index contributed by atoms with van der Waals surface area (Å²) in [6.07, 6.45) is 7.42. The lowest BCUT2D eigenvalue weighted by molar-refractivity contribution is -0.126. The molecule has 2 heterocycles. The van der Waals surface area contributed by atoms with Crippen molar-refractivity contribution >= 4 is 23.4 Å². The molecular formula is C27H40N4O3. The molecule has 1 aromatic rings. The summed E-state index contributed by atoms with van der Waals surface area (Å²) >= 11 is 0. The van der Waals surface area contributed by atoms with Crippen LogP contribution in [0.1, 0.15) is 76.7 Å². The fourth-order valence-electron chi connectivity index (χ4n) is 6.22. The van der Waals surface area contributed by atoms with Crippen LogP contribution in [0.15, 0.2) is 24.3 Å². The molecule has 1 saturated heterocycles. The number of fused-ring (bicyclic) bond motifs is 1. The normalized spacial score (nSPS) is 26.0. The number of nitrogens with zero attached hydrogens (tertiary/aromatic N) is 2. The van der Waals surface area contributed by atoms with Crippen molar-refractivity contribution in [3.05, 3.63) is 29.8 Å². The Balaban J connectivity index is 1.36. The van der Waals surface area contributed by atoms with Crippen LogP contribution in [0.2, 0.25) is 0 Å². The Morgan fingerprint density at radius 1 is 1.03 bits per heavy atom. The number of nitrogens with two attached hydrogens (primary N) is 1. The van der Waals surface area contributed by atoms with Crippen molar-refractivity contribution in [2.24, 2.45) is 17.6 Å². The molecule has 3 N–H and O–H groups in total. The Morgan fingerprint density at radius 2 is 1.71 bits per heavy atom. The molecular weight excluding hydrogens is 428 g/mol. The molecule has 1 aliphatic carbocycles. The van der Waals surface area contributed by atoms with Crippen LogP contribution in [0.4, 0.5) is 5.69 Å². The molecule has 1 unspecified atom stereocenters. The van der Waals surface area contributed by atoms with Crippen LogP contribution in [0, 0.1) is 11.8 Å². The van der Waals surface area contributed by atoms with Gasteiger partial charge in [-0.05, 0) is 62.0 Å². The van der Waals surface area contributed by atoms with E-state index in [2.05, 4.69) is 24.1 Å². The fourth-order valence-corrected chi connectivity index (χ4v) is 6.22. The molecule has 3 amide bonds. The molecule has 7 heteroatoms. The third kappa shape index (κ3) is 5.45.